The summed E-state index contributed by atoms with van der Waals surface area (Å²) in [6, 6.07) is 20.9. The normalized spacial score (nSPS) is 26.6. The predicted octanol–water partition coefficient (Wildman–Crippen LogP) is 5.37. The molecule has 1 aromatic heterocycles. The van der Waals surface area contributed by atoms with Crippen molar-refractivity contribution in [2.45, 2.75) is 44.6 Å². The molecule has 0 unspecified atom stereocenters. The van der Waals surface area contributed by atoms with Gasteiger partial charge in [0.15, 0.2) is 0 Å². The minimum atomic E-state index is 0.0426. The number of pyridine rings is 1. The second-order valence-corrected chi connectivity index (χ2v) is 11.2. The minimum Gasteiger partial charge on any atom is -0.371 e. The number of aromatic nitrogens is 1. The molecule has 188 valence electrons. The Morgan fingerprint density at radius 3 is 2.56 bits per heavy atom. The molecule has 36 heavy (non-hydrogen) atoms. The molecule has 1 saturated carbocycles. The van der Waals surface area contributed by atoms with Gasteiger partial charge < -0.3 is 15.1 Å². The molecular weight excluding hydrogens is 444 g/mol. The Hall–Kier alpha value is -2.92. The Morgan fingerprint density at radius 1 is 0.861 bits per heavy atom. The van der Waals surface area contributed by atoms with Crippen LogP contribution >= 0.6 is 0 Å². The predicted molar refractivity (Wildman–Crippen MR) is 146 cm³/mol. The van der Waals surface area contributed by atoms with Crippen LogP contribution in [0.15, 0.2) is 66.9 Å². The molecule has 5 heteroatoms. The van der Waals surface area contributed by atoms with E-state index < -0.39 is 0 Å². The van der Waals surface area contributed by atoms with E-state index >= 15 is 0 Å². The molecule has 0 bridgehead atoms. The Kier molecular flexibility index (Phi) is 6.91. The number of para-hydroxylation sites is 1. The fourth-order valence-corrected chi connectivity index (χ4v) is 6.82. The Labute approximate surface area is 214 Å². The highest BCUT2D eigenvalue weighted by Crippen LogP contribution is 2.35. The van der Waals surface area contributed by atoms with Crippen molar-refractivity contribution in [3.63, 3.8) is 0 Å². The number of carbonyl (C=O) groups is 1. The monoisotopic (exact) mass is 482 g/mol. The number of fused-ring (bicyclic) bond motifs is 2. The van der Waals surface area contributed by atoms with Crippen LogP contribution in [0.2, 0.25) is 0 Å². The van der Waals surface area contributed by atoms with Gasteiger partial charge >= 0.3 is 0 Å². The highest BCUT2D eigenvalue weighted by Gasteiger charge is 2.37. The van der Waals surface area contributed by atoms with E-state index in [1.165, 1.54) is 64.1 Å². The number of nitrogens with zero attached hydrogens (tertiary/aromatic N) is 3. The van der Waals surface area contributed by atoms with Crippen LogP contribution in [0.25, 0.3) is 10.9 Å². The lowest BCUT2D eigenvalue weighted by Crippen LogP contribution is -2.41. The number of rotatable bonds is 6. The number of likely N-dealkylation sites (tertiary alicyclic amines) is 1. The standard InChI is InChI=1S/C31H38N4O/c36-31(29-8-4-10-30-28(29)9-5-17-32-30)33-26-13-11-23(12-14-26)15-18-34-19-16-24-21-35(22-25(24)20-34)27-6-2-1-3-7-27/h1-10,17,23-26H,11-16,18-22H2,(H,33,36)/t23?,24-,25-,26?/m0/s1. The molecule has 2 aliphatic heterocycles. The number of amides is 1. The van der Waals surface area contributed by atoms with Crippen molar-refractivity contribution in [2.24, 2.45) is 17.8 Å². The van der Waals surface area contributed by atoms with Crippen molar-refractivity contribution in [2.75, 3.05) is 37.6 Å². The summed E-state index contributed by atoms with van der Waals surface area (Å²) in [6.45, 7) is 6.20. The summed E-state index contributed by atoms with van der Waals surface area (Å²) in [5.41, 5.74) is 3.01. The largest absolute Gasteiger partial charge is 0.371 e. The van der Waals surface area contributed by atoms with E-state index in [9.17, 15) is 4.79 Å². The Bertz CT molecular complexity index is 1170. The van der Waals surface area contributed by atoms with Gasteiger partial charge in [-0.25, -0.2) is 0 Å². The molecule has 3 fully saturated rings. The van der Waals surface area contributed by atoms with Gasteiger partial charge in [-0.3, -0.25) is 9.78 Å². The molecule has 2 saturated heterocycles. The molecule has 1 aliphatic carbocycles. The maximum Gasteiger partial charge on any atom is 0.252 e. The van der Waals surface area contributed by atoms with Gasteiger partial charge in [-0.05, 0) is 99.7 Å². The molecule has 0 spiro atoms. The van der Waals surface area contributed by atoms with Gasteiger partial charge in [0.05, 0.1) is 5.52 Å². The van der Waals surface area contributed by atoms with E-state index in [-0.39, 0.29) is 5.91 Å². The summed E-state index contributed by atoms with van der Waals surface area (Å²) in [5, 5.41) is 4.25. The van der Waals surface area contributed by atoms with Gasteiger partial charge in [0.1, 0.15) is 0 Å². The third kappa shape index (κ3) is 5.12. The van der Waals surface area contributed by atoms with E-state index in [2.05, 4.69) is 50.4 Å². The van der Waals surface area contributed by atoms with Gasteiger partial charge in [-0.15, -0.1) is 0 Å². The Morgan fingerprint density at radius 2 is 1.69 bits per heavy atom. The maximum atomic E-state index is 13.0. The van der Waals surface area contributed by atoms with Gasteiger partial charge in [0, 0.05) is 48.5 Å². The molecule has 5 nitrogen and oxygen atoms in total. The molecular formula is C31H38N4O. The van der Waals surface area contributed by atoms with Crippen LogP contribution in [0, 0.1) is 17.8 Å². The maximum absolute atomic E-state index is 13.0. The molecule has 1 N–H and O–H groups in total. The third-order valence-corrected chi connectivity index (χ3v) is 8.93. The van der Waals surface area contributed by atoms with Crippen LogP contribution in [0.5, 0.6) is 0 Å². The van der Waals surface area contributed by atoms with E-state index in [1.54, 1.807) is 6.20 Å². The van der Waals surface area contributed by atoms with Crippen LogP contribution in [0.3, 0.4) is 0 Å². The summed E-state index contributed by atoms with van der Waals surface area (Å²) in [7, 11) is 0. The number of benzene rings is 2. The first-order valence-corrected chi connectivity index (χ1v) is 13.9. The average molecular weight is 483 g/mol. The second kappa shape index (κ2) is 10.6. The highest BCUT2D eigenvalue weighted by molar-refractivity contribution is 6.06. The number of hydrogen-bond donors (Lipinski definition) is 1. The van der Waals surface area contributed by atoms with Gasteiger partial charge in [-0.1, -0.05) is 30.3 Å². The summed E-state index contributed by atoms with van der Waals surface area (Å²) < 4.78 is 0. The number of hydrogen-bond acceptors (Lipinski definition) is 4. The van der Waals surface area contributed by atoms with Crippen molar-refractivity contribution in [1.29, 1.82) is 0 Å². The quantitative estimate of drug-likeness (QED) is 0.513. The van der Waals surface area contributed by atoms with Crippen molar-refractivity contribution in [1.82, 2.24) is 15.2 Å². The van der Waals surface area contributed by atoms with E-state index in [1.807, 2.05) is 30.3 Å². The lowest BCUT2D eigenvalue weighted by molar-refractivity contribution is 0.0919. The fourth-order valence-electron chi connectivity index (χ4n) is 6.82. The van der Waals surface area contributed by atoms with Crippen molar-refractivity contribution < 1.29 is 4.79 Å². The highest BCUT2D eigenvalue weighted by atomic mass is 16.1. The molecule has 2 aromatic carbocycles. The third-order valence-electron chi connectivity index (χ3n) is 8.93. The molecule has 3 aromatic rings. The second-order valence-electron chi connectivity index (χ2n) is 11.2. The minimum absolute atomic E-state index is 0.0426. The first kappa shape index (κ1) is 23.5. The van der Waals surface area contributed by atoms with Crippen LogP contribution in [-0.2, 0) is 0 Å². The number of anilines is 1. The lowest BCUT2D eigenvalue weighted by atomic mass is 9.83. The van der Waals surface area contributed by atoms with Gasteiger partial charge in [-0.2, -0.15) is 0 Å². The zero-order chi connectivity index (χ0) is 24.3. The topological polar surface area (TPSA) is 48.5 Å². The van der Waals surface area contributed by atoms with Crippen LogP contribution < -0.4 is 10.2 Å². The smallest absolute Gasteiger partial charge is 0.252 e. The first-order valence-electron chi connectivity index (χ1n) is 13.9. The molecule has 0 radical (unpaired) electrons. The summed E-state index contributed by atoms with van der Waals surface area (Å²) in [5.74, 6) is 2.51. The number of carbonyl (C=O) groups excluding carboxylic acids is 1. The molecule has 1 amide bonds. The molecule has 2 atom stereocenters. The van der Waals surface area contributed by atoms with Crippen molar-refractivity contribution in [3.8, 4) is 0 Å². The SMILES string of the molecule is O=C(NC1CCC(CCN2CC[C@H]3CN(c4ccccc4)C[C@@H]3C2)CC1)c1cccc2ncccc12. The fraction of sp³-hybridized carbons (Fsp3) is 0.484. The molecule has 6 rings (SSSR count). The molecule has 3 heterocycles. The number of nitrogens with one attached hydrogen (secondary N) is 1. The zero-order valence-electron chi connectivity index (χ0n) is 21.2. The van der Waals surface area contributed by atoms with Crippen LogP contribution in [0.4, 0.5) is 5.69 Å². The summed E-state index contributed by atoms with van der Waals surface area (Å²) >= 11 is 0. The average Bonchev–Trinajstić information content (AvgIpc) is 3.36. The van der Waals surface area contributed by atoms with Gasteiger partial charge in [0.2, 0.25) is 0 Å². The van der Waals surface area contributed by atoms with E-state index in [4.69, 9.17) is 0 Å². The molecule has 3 aliphatic rings. The lowest BCUT2D eigenvalue weighted by Gasteiger charge is -2.36. The summed E-state index contributed by atoms with van der Waals surface area (Å²) in [6.07, 6.45) is 9.06. The van der Waals surface area contributed by atoms with Crippen molar-refractivity contribution >= 4 is 22.5 Å². The number of piperidine rings is 1. The Balaban J connectivity index is 0.947. The van der Waals surface area contributed by atoms with Crippen LogP contribution in [-0.4, -0.2) is 54.6 Å². The van der Waals surface area contributed by atoms with Crippen molar-refractivity contribution in [3.05, 3.63) is 72.4 Å². The van der Waals surface area contributed by atoms with Crippen LogP contribution in [0.1, 0.15) is 48.9 Å². The first-order chi connectivity index (χ1) is 17.7. The summed E-state index contributed by atoms with van der Waals surface area (Å²) in [4.78, 5) is 22.7. The van der Waals surface area contributed by atoms with E-state index in [0.29, 0.717) is 6.04 Å². The van der Waals surface area contributed by atoms with E-state index in [0.717, 1.165) is 47.1 Å². The van der Waals surface area contributed by atoms with Gasteiger partial charge in [0.25, 0.3) is 5.91 Å². The zero-order valence-corrected chi connectivity index (χ0v) is 21.2.